The maximum Gasteiger partial charge on any atom is 0.317 e. The Kier molecular flexibility index (Phi) is 4.45. The minimum absolute atomic E-state index is 0.106. The van der Waals surface area contributed by atoms with Crippen LogP contribution in [0.15, 0.2) is 0 Å². The molecule has 2 atom stereocenters. The smallest absolute Gasteiger partial charge is 0.317 e. The van der Waals surface area contributed by atoms with Crippen LogP contribution < -0.4 is 5.32 Å². The lowest BCUT2D eigenvalue weighted by Gasteiger charge is -2.38. The number of carbonyl (C=O) groups is 1. The Labute approximate surface area is 110 Å². The van der Waals surface area contributed by atoms with E-state index in [1.54, 1.807) is 0 Å². The van der Waals surface area contributed by atoms with Gasteiger partial charge in [-0.3, -0.25) is 0 Å². The van der Waals surface area contributed by atoms with Crippen LogP contribution in [-0.4, -0.2) is 79.1 Å². The van der Waals surface area contributed by atoms with E-state index in [1.807, 2.05) is 11.8 Å². The van der Waals surface area contributed by atoms with E-state index in [2.05, 4.69) is 29.1 Å². The lowest BCUT2D eigenvalue weighted by atomic mass is 10.1. The second-order valence-corrected chi connectivity index (χ2v) is 5.60. The molecule has 2 heterocycles. The molecule has 0 spiro atoms. The van der Waals surface area contributed by atoms with Crippen molar-refractivity contribution in [2.24, 2.45) is 0 Å². The molecule has 2 amide bonds. The SMILES string of the molecule is CCN1CC(CCN2CCN(C)[C@@H](C)C2)NC1=O. The van der Waals surface area contributed by atoms with Crippen molar-refractivity contribution in [3.05, 3.63) is 0 Å². The van der Waals surface area contributed by atoms with E-state index in [0.29, 0.717) is 12.1 Å². The highest BCUT2D eigenvalue weighted by Crippen LogP contribution is 2.11. The first-order valence-corrected chi connectivity index (χ1v) is 7.08. The molecule has 0 aromatic rings. The first-order chi connectivity index (χ1) is 8.60. The van der Waals surface area contributed by atoms with Crippen LogP contribution in [0.2, 0.25) is 0 Å². The van der Waals surface area contributed by atoms with E-state index in [4.69, 9.17) is 0 Å². The van der Waals surface area contributed by atoms with E-state index in [9.17, 15) is 4.79 Å². The summed E-state index contributed by atoms with van der Waals surface area (Å²) in [5.74, 6) is 0. The molecule has 0 aliphatic carbocycles. The molecule has 0 radical (unpaired) electrons. The van der Waals surface area contributed by atoms with Crippen LogP contribution in [0.1, 0.15) is 20.3 Å². The molecule has 5 heteroatoms. The quantitative estimate of drug-likeness (QED) is 0.790. The van der Waals surface area contributed by atoms with Crippen molar-refractivity contribution >= 4 is 6.03 Å². The van der Waals surface area contributed by atoms with Crippen LogP contribution in [0.4, 0.5) is 4.79 Å². The first kappa shape index (κ1) is 13.6. The van der Waals surface area contributed by atoms with Crippen LogP contribution in [-0.2, 0) is 0 Å². The van der Waals surface area contributed by atoms with Crippen molar-refractivity contribution in [3.63, 3.8) is 0 Å². The average molecular weight is 254 g/mol. The number of nitrogens with zero attached hydrogens (tertiary/aromatic N) is 3. The predicted molar refractivity (Wildman–Crippen MR) is 72.7 cm³/mol. The first-order valence-electron chi connectivity index (χ1n) is 7.08. The topological polar surface area (TPSA) is 38.8 Å². The molecule has 1 N–H and O–H groups in total. The van der Waals surface area contributed by atoms with Gasteiger partial charge in [-0.1, -0.05) is 0 Å². The minimum atomic E-state index is 0.106. The van der Waals surface area contributed by atoms with Gasteiger partial charge in [0.05, 0.1) is 0 Å². The van der Waals surface area contributed by atoms with Crippen molar-refractivity contribution in [2.75, 3.05) is 46.3 Å². The van der Waals surface area contributed by atoms with Crippen molar-refractivity contribution in [3.8, 4) is 0 Å². The Morgan fingerprint density at radius 1 is 1.33 bits per heavy atom. The van der Waals surface area contributed by atoms with Crippen LogP contribution >= 0.6 is 0 Å². The van der Waals surface area contributed by atoms with Gasteiger partial charge in [0.1, 0.15) is 0 Å². The van der Waals surface area contributed by atoms with Crippen LogP contribution in [0.3, 0.4) is 0 Å². The third-order valence-electron chi connectivity index (χ3n) is 4.27. The summed E-state index contributed by atoms with van der Waals surface area (Å²) in [7, 11) is 2.19. The Balaban J connectivity index is 1.71. The van der Waals surface area contributed by atoms with Crippen molar-refractivity contribution in [1.82, 2.24) is 20.0 Å². The summed E-state index contributed by atoms with van der Waals surface area (Å²) in [4.78, 5) is 18.4. The van der Waals surface area contributed by atoms with Crippen molar-refractivity contribution in [2.45, 2.75) is 32.4 Å². The number of likely N-dealkylation sites (N-methyl/N-ethyl adjacent to an activating group) is 2. The highest BCUT2D eigenvalue weighted by Gasteiger charge is 2.28. The fourth-order valence-corrected chi connectivity index (χ4v) is 2.76. The fourth-order valence-electron chi connectivity index (χ4n) is 2.76. The van der Waals surface area contributed by atoms with Crippen LogP contribution in [0.25, 0.3) is 0 Å². The maximum absolute atomic E-state index is 11.6. The second-order valence-electron chi connectivity index (χ2n) is 5.60. The maximum atomic E-state index is 11.6. The minimum Gasteiger partial charge on any atom is -0.333 e. The molecule has 18 heavy (non-hydrogen) atoms. The zero-order valence-electron chi connectivity index (χ0n) is 11.9. The third-order valence-corrected chi connectivity index (χ3v) is 4.27. The standard InChI is InChI=1S/C13H26N4O/c1-4-17-10-12(14-13(17)18)5-6-16-8-7-15(3)11(2)9-16/h11-12H,4-10H2,1-3H3,(H,14,18)/t11-,12?/m0/s1. The Hall–Kier alpha value is -0.810. The zero-order valence-corrected chi connectivity index (χ0v) is 11.9. The Bertz CT molecular complexity index is 297. The van der Waals surface area contributed by atoms with Crippen LogP contribution in [0, 0.1) is 0 Å². The lowest BCUT2D eigenvalue weighted by molar-refractivity contribution is 0.102. The molecule has 0 bridgehead atoms. The molecule has 2 aliphatic rings. The number of nitrogens with one attached hydrogen (secondary N) is 1. The number of amides is 2. The number of urea groups is 1. The van der Waals surface area contributed by atoms with Gasteiger partial charge >= 0.3 is 6.03 Å². The molecule has 2 fully saturated rings. The monoisotopic (exact) mass is 254 g/mol. The predicted octanol–water partition coefficient (Wildman–Crippen LogP) is 0.426. The fraction of sp³-hybridized carbons (Fsp3) is 0.923. The molecular formula is C13H26N4O. The van der Waals surface area contributed by atoms with E-state index >= 15 is 0 Å². The number of hydrogen-bond acceptors (Lipinski definition) is 3. The molecule has 2 rings (SSSR count). The molecular weight excluding hydrogens is 228 g/mol. The van der Waals surface area contributed by atoms with Gasteiger partial charge in [0.15, 0.2) is 0 Å². The molecule has 104 valence electrons. The highest BCUT2D eigenvalue weighted by molar-refractivity contribution is 5.76. The second kappa shape index (κ2) is 5.89. The molecule has 5 nitrogen and oxygen atoms in total. The van der Waals surface area contributed by atoms with E-state index in [0.717, 1.165) is 45.7 Å². The van der Waals surface area contributed by atoms with E-state index in [1.165, 1.54) is 0 Å². The highest BCUT2D eigenvalue weighted by atomic mass is 16.2. The van der Waals surface area contributed by atoms with Crippen molar-refractivity contribution < 1.29 is 4.79 Å². The summed E-state index contributed by atoms with van der Waals surface area (Å²) in [6, 6.07) is 1.09. The summed E-state index contributed by atoms with van der Waals surface area (Å²) in [6.07, 6.45) is 1.07. The van der Waals surface area contributed by atoms with Gasteiger partial charge in [-0.15, -0.1) is 0 Å². The summed E-state index contributed by atoms with van der Waals surface area (Å²) in [5, 5.41) is 3.06. The van der Waals surface area contributed by atoms with E-state index < -0.39 is 0 Å². The lowest BCUT2D eigenvalue weighted by Crippen LogP contribution is -2.50. The molecule has 0 saturated carbocycles. The summed E-state index contributed by atoms with van der Waals surface area (Å²) in [6.45, 7) is 10.5. The van der Waals surface area contributed by atoms with Crippen molar-refractivity contribution in [1.29, 1.82) is 0 Å². The van der Waals surface area contributed by atoms with Crippen LogP contribution in [0.5, 0.6) is 0 Å². The summed E-state index contributed by atoms with van der Waals surface area (Å²) < 4.78 is 0. The largest absolute Gasteiger partial charge is 0.333 e. The molecule has 0 aromatic heterocycles. The van der Waals surface area contributed by atoms with Gasteiger partial charge in [-0.05, 0) is 27.3 Å². The zero-order chi connectivity index (χ0) is 13.1. The molecule has 2 saturated heterocycles. The number of piperazine rings is 1. The van der Waals surface area contributed by atoms with Gasteiger partial charge in [0.2, 0.25) is 0 Å². The summed E-state index contributed by atoms with van der Waals surface area (Å²) in [5.41, 5.74) is 0. The normalized spacial score (nSPS) is 30.8. The van der Waals surface area contributed by atoms with Gasteiger partial charge in [0, 0.05) is 51.4 Å². The molecule has 2 aliphatic heterocycles. The van der Waals surface area contributed by atoms with E-state index in [-0.39, 0.29) is 6.03 Å². The average Bonchev–Trinajstić information content (AvgIpc) is 2.71. The third kappa shape index (κ3) is 3.14. The van der Waals surface area contributed by atoms with Gasteiger partial charge in [0.25, 0.3) is 0 Å². The Morgan fingerprint density at radius 3 is 2.72 bits per heavy atom. The number of rotatable bonds is 4. The molecule has 1 unspecified atom stereocenters. The van der Waals surface area contributed by atoms with Gasteiger partial charge < -0.3 is 20.0 Å². The molecule has 0 aromatic carbocycles. The van der Waals surface area contributed by atoms with Gasteiger partial charge in [-0.2, -0.15) is 0 Å². The van der Waals surface area contributed by atoms with Gasteiger partial charge in [-0.25, -0.2) is 4.79 Å². The number of hydrogen-bond donors (Lipinski definition) is 1. The Morgan fingerprint density at radius 2 is 2.11 bits per heavy atom. The summed E-state index contributed by atoms with van der Waals surface area (Å²) >= 11 is 0. The number of carbonyl (C=O) groups excluding carboxylic acids is 1.